The molecule has 13 heteroatoms. The number of nitrogens with one attached hydrogen (secondary N) is 3. The van der Waals surface area contributed by atoms with E-state index in [4.69, 9.17) is 15.3 Å². The van der Waals surface area contributed by atoms with Crippen LogP contribution < -0.4 is 17.1 Å². The van der Waals surface area contributed by atoms with Gasteiger partial charge in [0.25, 0.3) is 0 Å². The number of aromatic nitrogens is 3. The second-order valence-electron chi connectivity index (χ2n) is 3.60. The van der Waals surface area contributed by atoms with Gasteiger partial charge in [0.15, 0.2) is 0 Å². The quantitative estimate of drug-likeness (QED) is 0.260. The molecule has 0 aliphatic carbocycles. The van der Waals surface area contributed by atoms with E-state index in [2.05, 4.69) is 24.5 Å². The molecule has 27 heavy (non-hydrogen) atoms. The van der Waals surface area contributed by atoms with E-state index in [0.717, 1.165) is 31.4 Å². The van der Waals surface area contributed by atoms with Crippen LogP contribution >= 0.6 is 0 Å². The maximum absolute atomic E-state index is 10.2. The number of H-pyrrole nitrogens is 3. The van der Waals surface area contributed by atoms with Crippen LogP contribution in [0.15, 0.2) is 52.3 Å². The Labute approximate surface area is 151 Å². The molecule has 13 nitrogen and oxygen atoms in total. The van der Waals surface area contributed by atoms with Crippen LogP contribution in [0.4, 0.5) is 0 Å². The van der Waals surface area contributed by atoms with E-state index < -0.39 is 35.0 Å². The first-order chi connectivity index (χ1) is 12.5. The molecule has 2 rings (SSSR count). The fourth-order valence-corrected chi connectivity index (χ4v) is 0.403. The van der Waals surface area contributed by atoms with Crippen molar-refractivity contribution in [2.75, 3.05) is 13.2 Å². The van der Waals surface area contributed by atoms with Gasteiger partial charge in [0.05, 0.1) is 13.2 Å². The molecular weight excluding hydrogens is 370 g/mol. The largest absolute Gasteiger partial charge is 0.478 e. The Balaban J connectivity index is -0.000000281. The normalized spacial score (nSPS) is 9.33. The van der Waals surface area contributed by atoms with Crippen LogP contribution in [-0.2, 0) is 19.1 Å². The Kier molecular flexibility index (Phi) is 18.9. The number of aliphatic carboxylic acids is 3. The molecule has 1 aromatic heterocycles. The fraction of sp³-hybridized carbons (Fsp3) is 0.143. The van der Waals surface area contributed by atoms with Gasteiger partial charge in [0, 0.05) is 18.2 Å². The van der Waals surface area contributed by atoms with Gasteiger partial charge in [0.1, 0.15) is 0 Å². The Morgan fingerprint density at radius 2 is 0.852 bits per heavy atom. The lowest BCUT2D eigenvalue weighted by molar-refractivity contribution is -0.132. The molecule has 1 aliphatic heterocycles. The van der Waals surface area contributed by atoms with Gasteiger partial charge in [-0.2, -0.15) is 0 Å². The van der Waals surface area contributed by atoms with Crippen molar-refractivity contribution >= 4 is 17.9 Å². The maximum atomic E-state index is 10.2. The number of hydrogen-bond donors (Lipinski definition) is 6. The summed E-state index contributed by atoms with van der Waals surface area (Å²) in [4.78, 5) is 63.7. The molecule has 0 amide bonds. The van der Waals surface area contributed by atoms with Crippen molar-refractivity contribution in [1.82, 2.24) is 15.0 Å². The molecular formula is C14H19N3O10. The lowest BCUT2D eigenvalue weighted by Crippen LogP contribution is -2.34. The van der Waals surface area contributed by atoms with Gasteiger partial charge in [-0.15, -0.1) is 0 Å². The Morgan fingerprint density at radius 3 is 0.926 bits per heavy atom. The minimum Gasteiger partial charge on any atom is -0.478 e. The number of hydrogen-bond acceptors (Lipinski definition) is 7. The molecule has 150 valence electrons. The van der Waals surface area contributed by atoms with Crippen LogP contribution in [-0.4, -0.2) is 61.4 Å². The van der Waals surface area contributed by atoms with Crippen molar-refractivity contribution in [2.45, 2.75) is 0 Å². The molecule has 0 unspecified atom stereocenters. The lowest BCUT2D eigenvalue weighted by Gasteiger charge is -1.77. The third-order valence-corrected chi connectivity index (χ3v) is 1.41. The standard InChI is InChI=1S/C3H3N3O3.3C3H4O2.C2H4O/c7-1-4-2(8)6-3(9)5-1;3*1-2-3(4)5;1-2-3-1/h(H3,4,5,6,7,8,9);3*2H,1H2,(H,4,5);1-2H2. The van der Waals surface area contributed by atoms with Gasteiger partial charge < -0.3 is 20.1 Å². The molecule has 1 saturated heterocycles. The average molecular weight is 389 g/mol. The van der Waals surface area contributed by atoms with E-state index in [1.54, 1.807) is 15.0 Å². The zero-order valence-electron chi connectivity index (χ0n) is 14.0. The van der Waals surface area contributed by atoms with Crippen molar-refractivity contribution in [3.63, 3.8) is 0 Å². The minimum atomic E-state index is -0.981. The SMILES string of the molecule is C1CO1.C=CC(=O)O.C=CC(=O)O.C=CC(=O)O.O=c1[nH]c(=O)[nH]c(=O)[nH]1. The van der Waals surface area contributed by atoms with Crippen molar-refractivity contribution in [1.29, 1.82) is 0 Å². The number of epoxide rings is 1. The van der Waals surface area contributed by atoms with E-state index in [-0.39, 0.29) is 0 Å². The first-order valence-electron chi connectivity index (χ1n) is 6.56. The van der Waals surface area contributed by atoms with Gasteiger partial charge in [0.2, 0.25) is 0 Å². The molecule has 0 spiro atoms. The van der Waals surface area contributed by atoms with Crippen LogP contribution in [0, 0.1) is 0 Å². The Hall–Kier alpha value is -4.00. The third kappa shape index (κ3) is 39.1. The highest BCUT2D eigenvalue weighted by molar-refractivity contribution is 5.79. The van der Waals surface area contributed by atoms with E-state index in [1.165, 1.54) is 0 Å². The lowest BCUT2D eigenvalue weighted by atomic mass is 10.7. The highest BCUT2D eigenvalue weighted by Gasteiger charge is 1.94. The van der Waals surface area contributed by atoms with Crippen molar-refractivity contribution in [3.05, 3.63) is 69.4 Å². The first-order valence-corrected chi connectivity index (χ1v) is 6.56. The molecule has 0 radical (unpaired) electrons. The van der Waals surface area contributed by atoms with Crippen LogP contribution in [0.5, 0.6) is 0 Å². The summed E-state index contributed by atoms with van der Waals surface area (Å²) >= 11 is 0. The van der Waals surface area contributed by atoms with Crippen molar-refractivity contribution in [3.8, 4) is 0 Å². The van der Waals surface area contributed by atoms with Crippen LogP contribution in [0.25, 0.3) is 0 Å². The molecule has 0 atom stereocenters. The van der Waals surface area contributed by atoms with Gasteiger partial charge in [-0.25, -0.2) is 28.8 Å². The number of carboxylic acids is 3. The Bertz CT molecular complexity index is 661. The topological polar surface area (TPSA) is 223 Å². The molecule has 1 aliphatic rings. The van der Waals surface area contributed by atoms with Gasteiger partial charge in [-0.05, 0) is 0 Å². The summed E-state index contributed by atoms with van der Waals surface area (Å²) < 4.78 is 4.50. The number of carboxylic acid groups (broad SMARTS) is 3. The molecule has 0 aromatic carbocycles. The molecule has 0 bridgehead atoms. The predicted octanol–water partition coefficient (Wildman–Crippen LogP) is -1.46. The van der Waals surface area contributed by atoms with Crippen molar-refractivity contribution < 1.29 is 34.4 Å². The fourth-order valence-electron chi connectivity index (χ4n) is 0.403. The minimum absolute atomic E-state index is 0.802. The summed E-state index contributed by atoms with van der Waals surface area (Å²) in [5.41, 5.74) is -2.41. The van der Waals surface area contributed by atoms with Gasteiger partial charge in [-0.3, -0.25) is 15.0 Å². The summed E-state index contributed by atoms with van der Waals surface area (Å²) in [6, 6.07) is 0. The summed E-state index contributed by atoms with van der Waals surface area (Å²) in [7, 11) is 0. The average Bonchev–Trinajstić information content (AvgIpc) is 3.44. The molecule has 2 heterocycles. The molecule has 0 saturated carbocycles. The summed E-state index contributed by atoms with van der Waals surface area (Å²) in [6.07, 6.45) is 2.50. The highest BCUT2D eigenvalue weighted by atomic mass is 16.6. The molecule has 6 N–H and O–H groups in total. The van der Waals surface area contributed by atoms with Crippen molar-refractivity contribution in [2.24, 2.45) is 0 Å². The highest BCUT2D eigenvalue weighted by Crippen LogP contribution is 1.84. The van der Waals surface area contributed by atoms with E-state index >= 15 is 0 Å². The van der Waals surface area contributed by atoms with Crippen LogP contribution in [0.2, 0.25) is 0 Å². The zero-order valence-corrected chi connectivity index (χ0v) is 14.0. The van der Waals surface area contributed by atoms with Gasteiger partial charge >= 0.3 is 35.0 Å². The summed E-state index contributed by atoms with van der Waals surface area (Å²) in [5.74, 6) is -2.94. The van der Waals surface area contributed by atoms with Gasteiger partial charge in [-0.1, -0.05) is 19.7 Å². The molecule has 1 fully saturated rings. The summed E-state index contributed by atoms with van der Waals surface area (Å²) in [5, 5.41) is 22.8. The zero-order chi connectivity index (χ0) is 21.8. The number of rotatable bonds is 3. The van der Waals surface area contributed by atoms with E-state index in [0.29, 0.717) is 0 Å². The third-order valence-electron chi connectivity index (χ3n) is 1.41. The second kappa shape index (κ2) is 18.3. The summed E-state index contributed by atoms with van der Waals surface area (Å²) in [6.45, 7) is 10.9. The molecule has 1 aromatic rings. The number of ether oxygens (including phenoxy) is 1. The van der Waals surface area contributed by atoms with E-state index in [1.807, 2.05) is 0 Å². The maximum Gasteiger partial charge on any atom is 0.330 e. The van der Waals surface area contributed by atoms with Crippen LogP contribution in [0.3, 0.4) is 0 Å². The number of aromatic amines is 3. The predicted molar refractivity (Wildman–Crippen MR) is 92.6 cm³/mol. The monoisotopic (exact) mass is 389 g/mol. The Morgan fingerprint density at radius 1 is 0.704 bits per heavy atom. The van der Waals surface area contributed by atoms with E-state index in [9.17, 15) is 28.8 Å². The smallest absolute Gasteiger partial charge is 0.330 e. The second-order valence-corrected chi connectivity index (χ2v) is 3.60. The first kappa shape index (κ1) is 27.8. The number of carbonyl (C=O) groups is 3. The van der Waals surface area contributed by atoms with Crippen LogP contribution in [0.1, 0.15) is 0 Å².